The maximum absolute atomic E-state index is 12.8. The molecule has 1 aromatic heterocycles. The molecular formula is C19H24ClN3O2S. The van der Waals surface area contributed by atoms with Crippen molar-refractivity contribution in [3.8, 4) is 0 Å². The molecule has 26 heavy (non-hydrogen) atoms. The highest BCUT2D eigenvalue weighted by molar-refractivity contribution is 7.12. The Morgan fingerprint density at radius 3 is 2.62 bits per heavy atom. The minimum atomic E-state index is -0.137. The summed E-state index contributed by atoms with van der Waals surface area (Å²) >= 11 is 1.40. The number of nitrogens with zero attached hydrogens (tertiary/aromatic N) is 1. The Hall–Kier alpha value is -1.89. The Kier molecular flexibility index (Phi) is 7.20. The fourth-order valence-corrected chi connectivity index (χ4v) is 3.82. The van der Waals surface area contributed by atoms with Gasteiger partial charge in [0.05, 0.1) is 4.88 Å². The minimum absolute atomic E-state index is 0. The van der Waals surface area contributed by atoms with Gasteiger partial charge in [0.15, 0.2) is 0 Å². The topological polar surface area (TPSA) is 75.4 Å². The Bertz CT molecular complexity index is 734. The van der Waals surface area contributed by atoms with Crippen LogP contribution in [0.3, 0.4) is 0 Å². The maximum atomic E-state index is 12.8. The van der Waals surface area contributed by atoms with E-state index in [2.05, 4.69) is 12.2 Å². The van der Waals surface area contributed by atoms with Crippen LogP contribution in [0.4, 0.5) is 5.69 Å². The fraction of sp³-hybridized carbons (Fsp3) is 0.368. The summed E-state index contributed by atoms with van der Waals surface area (Å²) < 4.78 is 0. The number of thiophene rings is 1. The number of carbonyl (C=O) groups is 2. The average Bonchev–Trinajstić information content (AvgIpc) is 3.16. The van der Waals surface area contributed by atoms with Crippen LogP contribution in [0.5, 0.6) is 0 Å². The molecule has 3 N–H and O–H groups in total. The van der Waals surface area contributed by atoms with E-state index in [1.54, 1.807) is 30.3 Å². The molecule has 0 radical (unpaired) electrons. The predicted molar refractivity (Wildman–Crippen MR) is 108 cm³/mol. The van der Waals surface area contributed by atoms with Crippen LogP contribution in [0.25, 0.3) is 0 Å². The zero-order valence-corrected chi connectivity index (χ0v) is 16.3. The van der Waals surface area contributed by atoms with Crippen molar-refractivity contribution < 1.29 is 9.59 Å². The van der Waals surface area contributed by atoms with Crippen molar-refractivity contribution >= 4 is 41.2 Å². The van der Waals surface area contributed by atoms with E-state index in [9.17, 15) is 9.59 Å². The lowest BCUT2D eigenvalue weighted by atomic mass is 9.92. The number of nitrogens with two attached hydrogens (primary N) is 1. The number of halogens is 1. The molecule has 140 valence electrons. The summed E-state index contributed by atoms with van der Waals surface area (Å²) in [5.74, 6) is 0.480. The van der Waals surface area contributed by atoms with Crippen LogP contribution in [-0.4, -0.2) is 35.8 Å². The highest BCUT2D eigenvalue weighted by Crippen LogP contribution is 2.24. The zero-order chi connectivity index (χ0) is 17.8. The molecule has 7 heteroatoms. The molecule has 1 aromatic carbocycles. The van der Waals surface area contributed by atoms with E-state index in [-0.39, 0.29) is 30.3 Å². The molecule has 3 rings (SSSR count). The van der Waals surface area contributed by atoms with E-state index in [0.29, 0.717) is 28.6 Å². The summed E-state index contributed by atoms with van der Waals surface area (Å²) in [5.41, 5.74) is 7.16. The fourth-order valence-electron chi connectivity index (χ4n) is 3.20. The first kappa shape index (κ1) is 20.4. The maximum Gasteiger partial charge on any atom is 0.265 e. The van der Waals surface area contributed by atoms with Gasteiger partial charge in [-0.3, -0.25) is 9.59 Å². The third-order valence-corrected chi connectivity index (χ3v) is 5.51. The zero-order valence-electron chi connectivity index (χ0n) is 14.7. The Labute approximate surface area is 164 Å². The molecule has 1 aliphatic rings. The predicted octanol–water partition coefficient (Wildman–Crippen LogP) is 3.62. The van der Waals surface area contributed by atoms with Gasteiger partial charge in [0, 0.05) is 30.4 Å². The molecule has 1 saturated heterocycles. The number of amides is 2. The van der Waals surface area contributed by atoms with Gasteiger partial charge in [-0.25, -0.2) is 0 Å². The molecule has 2 atom stereocenters. The first-order chi connectivity index (χ1) is 12.1. The van der Waals surface area contributed by atoms with Crippen molar-refractivity contribution in [1.29, 1.82) is 0 Å². The van der Waals surface area contributed by atoms with Gasteiger partial charge in [0.25, 0.3) is 11.8 Å². The van der Waals surface area contributed by atoms with Crippen LogP contribution < -0.4 is 11.1 Å². The second kappa shape index (κ2) is 9.16. The Balaban J connectivity index is 0.00000243. The third kappa shape index (κ3) is 4.63. The van der Waals surface area contributed by atoms with E-state index in [0.717, 1.165) is 19.4 Å². The molecule has 2 heterocycles. The van der Waals surface area contributed by atoms with Gasteiger partial charge in [0.2, 0.25) is 0 Å². The van der Waals surface area contributed by atoms with Crippen molar-refractivity contribution in [2.75, 3.05) is 18.4 Å². The van der Waals surface area contributed by atoms with Gasteiger partial charge in [-0.15, -0.1) is 23.7 Å². The van der Waals surface area contributed by atoms with Crippen LogP contribution in [-0.2, 0) is 0 Å². The van der Waals surface area contributed by atoms with Crippen molar-refractivity contribution in [2.24, 2.45) is 11.7 Å². The summed E-state index contributed by atoms with van der Waals surface area (Å²) in [6.07, 6.45) is 1.97. The molecule has 0 aliphatic carbocycles. The number of nitrogens with one attached hydrogen (secondary N) is 1. The summed E-state index contributed by atoms with van der Waals surface area (Å²) in [7, 11) is 0. The first-order valence-corrected chi connectivity index (χ1v) is 9.42. The van der Waals surface area contributed by atoms with Crippen LogP contribution >= 0.6 is 23.7 Å². The second-order valence-corrected chi connectivity index (χ2v) is 7.47. The summed E-state index contributed by atoms with van der Waals surface area (Å²) in [6, 6.07) is 10.8. The van der Waals surface area contributed by atoms with Crippen LogP contribution in [0, 0.1) is 5.92 Å². The quantitative estimate of drug-likeness (QED) is 0.832. The minimum Gasteiger partial charge on any atom is -0.334 e. The molecule has 0 bridgehead atoms. The second-order valence-electron chi connectivity index (χ2n) is 6.53. The Morgan fingerprint density at radius 1 is 1.27 bits per heavy atom. The van der Waals surface area contributed by atoms with Gasteiger partial charge >= 0.3 is 0 Å². The molecule has 1 aliphatic heterocycles. The first-order valence-electron chi connectivity index (χ1n) is 8.54. The van der Waals surface area contributed by atoms with Crippen molar-refractivity contribution in [1.82, 2.24) is 4.90 Å². The molecule has 2 unspecified atom stereocenters. The van der Waals surface area contributed by atoms with Gasteiger partial charge < -0.3 is 16.0 Å². The van der Waals surface area contributed by atoms with Crippen LogP contribution in [0.1, 0.15) is 39.8 Å². The largest absolute Gasteiger partial charge is 0.334 e. The average molecular weight is 394 g/mol. The standard InChI is InChI=1S/C19H23N3O2S.ClH/c1-13-8-9-22(16(11-13)12-20)19(24)14-4-6-15(7-5-14)21-18(23)17-3-2-10-25-17;/h2-7,10,13,16H,8-9,11-12,20H2,1H3,(H,21,23);1H. The molecule has 0 saturated carbocycles. The lowest BCUT2D eigenvalue weighted by molar-refractivity contribution is 0.0573. The number of piperidine rings is 1. The lowest BCUT2D eigenvalue weighted by Gasteiger charge is -2.38. The normalized spacial score (nSPS) is 19.5. The van der Waals surface area contributed by atoms with Gasteiger partial charge in [-0.1, -0.05) is 13.0 Å². The number of likely N-dealkylation sites (tertiary alicyclic amines) is 1. The monoisotopic (exact) mass is 393 g/mol. The highest BCUT2D eigenvalue weighted by atomic mass is 35.5. The Morgan fingerprint density at radius 2 is 2.00 bits per heavy atom. The lowest BCUT2D eigenvalue weighted by Crippen LogP contribution is -2.49. The summed E-state index contributed by atoms with van der Waals surface area (Å²) in [5, 5.41) is 4.71. The molecular weight excluding hydrogens is 370 g/mol. The number of rotatable bonds is 4. The summed E-state index contributed by atoms with van der Waals surface area (Å²) in [4.78, 5) is 27.4. The van der Waals surface area contributed by atoms with E-state index >= 15 is 0 Å². The van der Waals surface area contributed by atoms with E-state index < -0.39 is 0 Å². The highest BCUT2D eigenvalue weighted by Gasteiger charge is 2.29. The van der Waals surface area contributed by atoms with Crippen molar-refractivity contribution in [3.05, 3.63) is 52.2 Å². The number of anilines is 1. The molecule has 5 nitrogen and oxygen atoms in total. The van der Waals surface area contributed by atoms with E-state index in [1.165, 1.54) is 11.3 Å². The van der Waals surface area contributed by atoms with Gasteiger partial charge in [0.1, 0.15) is 0 Å². The number of hydrogen-bond acceptors (Lipinski definition) is 4. The smallest absolute Gasteiger partial charge is 0.265 e. The number of benzene rings is 1. The molecule has 1 fully saturated rings. The van der Waals surface area contributed by atoms with Gasteiger partial charge in [-0.05, 0) is 54.5 Å². The van der Waals surface area contributed by atoms with Crippen LogP contribution in [0.15, 0.2) is 41.8 Å². The third-order valence-electron chi connectivity index (χ3n) is 4.65. The molecule has 2 amide bonds. The molecule has 0 spiro atoms. The van der Waals surface area contributed by atoms with E-state index in [1.807, 2.05) is 16.3 Å². The molecule has 2 aromatic rings. The van der Waals surface area contributed by atoms with E-state index in [4.69, 9.17) is 5.73 Å². The van der Waals surface area contributed by atoms with Gasteiger partial charge in [-0.2, -0.15) is 0 Å². The summed E-state index contributed by atoms with van der Waals surface area (Å²) in [6.45, 7) is 3.44. The number of carbonyl (C=O) groups excluding carboxylic acids is 2. The van der Waals surface area contributed by atoms with Crippen LogP contribution in [0.2, 0.25) is 0 Å². The van der Waals surface area contributed by atoms with Crippen molar-refractivity contribution in [3.63, 3.8) is 0 Å². The van der Waals surface area contributed by atoms with Crippen molar-refractivity contribution in [2.45, 2.75) is 25.8 Å². The SMILES string of the molecule is CC1CCN(C(=O)c2ccc(NC(=O)c3cccs3)cc2)C(CN)C1.Cl. The number of hydrogen-bond donors (Lipinski definition) is 2.